The van der Waals surface area contributed by atoms with Crippen LogP contribution in [-0.2, 0) is 0 Å². The fourth-order valence-corrected chi connectivity index (χ4v) is 1.96. The molecule has 0 saturated carbocycles. The number of nitro groups is 1. The minimum atomic E-state index is -0.459. The molecule has 0 amide bonds. The first-order valence-corrected chi connectivity index (χ1v) is 6.04. The summed E-state index contributed by atoms with van der Waals surface area (Å²) in [5, 5.41) is 15.3. The van der Waals surface area contributed by atoms with Crippen LogP contribution in [0.5, 0.6) is 0 Å². The van der Waals surface area contributed by atoms with E-state index >= 15 is 0 Å². The van der Waals surface area contributed by atoms with E-state index in [0.717, 1.165) is 17.0 Å². The minimum absolute atomic E-state index is 0.0741. The van der Waals surface area contributed by atoms with Gasteiger partial charge in [-0.1, -0.05) is 0 Å². The summed E-state index contributed by atoms with van der Waals surface area (Å²) >= 11 is 3.18. The van der Waals surface area contributed by atoms with E-state index in [0.29, 0.717) is 4.47 Å². The highest BCUT2D eigenvalue weighted by atomic mass is 79.9. The first-order chi connectivity index (χ1) is 8.41. The number of halogens is 1. The predicted molar refractivity (Wildman–Crippen MR) is 69.9 cm³/mol. The van der Waals surface area contributed by atoms with Gasteiger partial charge in [0.1, 0.15) is 0 Å². The molecule has 94 valence electrons. The van der Waals surface area contributed by atoms with E-state index in [1.54, 1.807) is 0 Å². The molecule has 0 bridgehead atoms. The molecule has 0 spiro atoms. The molecule has 0 aliphatic heterocycles. The molecule has 2 rings (SSSR count). The molecule has 0 aliphatic rings. The summed E-state index contributed by atoms with van der Waals surface area (Å²) in [6.45, 7) is 5.66. The first-order valence-electron chi connectivity index (χ1n) is 5.25. The average Bonchev–Trinajstić information content (AvgIpc) is 2.57. The zero-order valence-corrected chi connectivity index (χ0v) is 11.7. The monoisotopic (exact) mass is 310 g/mol. The Morgan fingerprint density at radius 1 is 1.39 bits per heavy atom. The number of aromatic nitrogens is 3. The summed E-state index contributed by atoms with van der Waals surface area (Å²) in [5.74, 6) is 0.233. The van der Waals surface area contributed by atoms with Crippen LogP contribution in [0.2, 0.25) is 0 Å². The van der Waals surface area contributed by atoms with Gasteiger partial charge in [0.25, 0.3) is 0 Å². The number of rotatable bonds is 2. The van der Waals surface area contributed by atoms with E-state index in [1.807, 2.05) is 20.8 Å². The van der Waals surface area contributed by atoms with E-state index in [1.165, 1.54) is 16.9 Å². The fourth-order valence-electron chi connectivity index (χ4n) is 1.65. The highest BCUT2D eigenvalue weighted by Gasteiger charge is 2.21. The van der Waals surface area contributed by atoms with Gasteiger partial charge in [-0.3, -0.25) is 10.1 Å². The molecule has 18 heavy (non-hydrogen) atoms. The van der Waals surface area contributed by atoms with Crippen molar-refractivity contribution in [1.82, 2.24) is 14.8 Å². The van der Waals surface area contributed by atoms with Crippen molar-refractivity contribution in [2.75, 3.05) is 0 Å². The fraction of sp³-hybridized carbons (Fsp3) is 0.273. The van der Waals surface area contributed by atoms with Crippen molar-refractivity contribution < 1.29 is 4.92 Å². The zero-order chi connectivity index (χ0) is 13.4. The molecular weight excluding hydrogens is 300 g/mol. The van der Waals surface area contributed by atoms with Crippen molar-refractivity contribution in [2.45, 2.75) is 20.8 Å². The van der Waals surface area contributed by atoms with Gasteiger partial charge in [-0.25, -0.2) is 9.67 Å². The number of aryl methyl sites for hydroxylation is 1. The molecule has 0 aliphatic carbocycles. The molecule has 7 heteroatoms. The van der Waals surface area contributed by atoms with Crippen molar-refractivity contribution in [1.29, 1.82) is 0 Å². The normalized spacial score (nSPS) is 10.7. The van der Waals surface area contributed by atoms with Crippen LogP contribution in [0.25, 0.3) is 5.82 Å². The third-order valence-electron chi connectivity index (χ3n) is 2.86. The van der Waals surface area contributed by atoms with E-state index in [4.69, 9.17) is 0 Å². The maximum Gasteiger partial charge on any atom is 0.314 e. The molecule has 0 aromatic carbocycles. The van der Waals surface area contributed by atoms with Crippen LogP contribution in [0, 0.1) is 30.9 Å². The molecule has 0 unspecified atom stereocenters. The molecule has 0 saturated heterocycles. The van der Waals surface area contributed by atoms with Crippen molar-refractivity contribution in [3.8, 4) is 5.82 Å². The molecule has 0 radical (unpaired) electrons. The summed E-state index contributed by atoms with van der Waals surface area (Å²) in [6, 6.07) is 1.42. The standard InChI is InChI=1S/C11H11BrN4O2/c1-6-7(2)14-15(8(6)3)11-10(16(17)18)4-9(12)5-13-11/h4-5H,1-3H3. The van der Waals surface area contributed by atoms with E-state index in [9.17, 15) is 10.1 Å². The largest absolute Gasteiger partial charge is 0.314 e. The summed E-state index contributed by atoms with van der Waals surface area (Å²) in [7, 11) is 0. The highest BCUT2D eigenvalue weighted by molar-refractivity contribution is 9.10. The summed E-state index contributed by atoms with van der Waals surface area (Å²) in [4.78, 5) is 14.7. The molecule has 2 aromatic rings. The third-order valence-corrected chi connectivity index (χ3v) is 3.30. The Morgan fingerprint density at radius 2 is 2.06 bits per heavy atom. The zero-order valence-electron chi connectivity index (χ0n) is 10.1. The van der Waals surface area contributed by atoms with Gasteiger partial charge in [-0.2, -0.15) is 5.10 Å². The quantitative estimate of drug-likeness (QED) is 0.631. The molecule has 0 N–H and O–H groups in total. The average molecular weight is 311 g/mol. The maximum atomic E-state index is 11.1. The minimum Gasteiger partial charge on any atom is -0.258 e. The van der Waals surface area contributed by atoms with E-state index < -0.39 is 4.92 Å². The Kier molecular flexibility index (Phi) is 3.16. The second-order valence-corrected chi connectivity index (χ2v) is 4.88. The lowest BCUT2D eigenvalue weighted by atomic mass is 10.2. The van der Waals surface area contributed by atoms with Gasteiger partial charge in [0.15, 0.2) is 0 Å². The smallest absolute Gasteiger partial charge is 0.258 e. The van der Waals surface area contributed by atoms with Crippen LogP contribution in [0.1, 0.15) is 17.0 Å². The Bertz CT molecular complexity index is 636. The first kappa shape index (κ1) is 12.7. The lowest BCUT2D eigenvalue weighted by molar-refractivity contribution is -0.385. The molecular formula is C11H11BrN4O2. The van der Waals surface area contributed by atoms with Crippen LogP contribution in [0.3, 0.4) is 0 Å². The van der Waals surface area contributed by atoms with Gasteiger partial charge >= 0.3 is 5.69 Å². The van der Waals surface area contributed by atoms with Gasteiger partial charge in [0.2, 0.25) is 5.82 Å². The van der Waals surface area contributed by atoms with E-state index in [2.05, 4.69) is 26.0 Å². The van der Waals surface area contributed by atoms with Gasteiger partial charge in [-0.15, -0.1) is 0 Å². The Morgan fingerprint density at radius 3 is 2.56 bits per heavy atom. The Labute approximate surface area is 112 Å². The molecule has 0 fully saturated rings. The summed E-state index contributed by atoms with van der Waals surface area (Å²) in [5.41, 5.74) is 2.63. The van der Waals surface area contributed by atoms with Crippen molar-refractivity contribution >= 4 is 21.6 Å². The van der Waals surface area contributed by atoms with Gasteiger partial charge in [0.05, 0.1) is 10.6 Å². The maximum absolute atomic E-state index is 11.1. The predicted octanol–water partition coefficient (Wildman–Crippen LogP) is 2.86. The lowest BCUT2D eigenvalue weighted by Crippen LogP contribution is -2.06. The van der Waals surface area contributed by atoms with Gasteiger partial charge < -0.3 is 0 Å². The van der Waals surface area contributed by atoms with Gasteiger partial charge in [-0.05, 0) is 42.3 Å². The lowest BCUT2D eigenvalue weighted by Gasteiger charge is -2.04. The third kappa shape index (κ3) is 2.01. The number of hydrogen-bond acceptors (Lipinski definition) is 4. The number of pyridine rings is 1. The van der Waals surface area contributed by atoms with E-state index in [-0.39, 0.29) is 11.5 Å². The van der Waals surface area contributed by atoms with Crippen molar-refractivity contribution in [3.63, 3.8) is 0 Å². The Hall–Kier alpha value is -1.76. The SMILES string of the molecule is Cc1nn(-c2ncc(Br)cc2[N+](=O)[O-])c(C)c1C. The molecule has 2 aromatic heterocycles. The summed E-state index contributed by atoms with van der Waals surface area (Å²) < 4.78 is 2.08. The van der Waals surface area contributed by atoms with Crippen LogP contribution in [-0.4, -0.2) is 19.7 Å². The highest BCUT2D eigenvalue weighted by Crippen LogP contribution is 2.26. The second-order valence-electron chi connectivity index (χ2n) is 3.96. The van der Waals surface area contributed by atoms with Crippen LogP contribution in [0.15, 0.2) is 16.7 Å². The second kappa shape index (κ2) is 4.49. The van der Waals surface area contributed by atoms with Crippen LogP contribution < -0.4 is 0 Å². The van der Waals surface area contributed by atoms with Gasteiger partial charge in [0, 0.05) is 22.4 Å². The number of nitrogens with zero attached hydrogens (tertiary/aromatic N) is 4. The van der Waals surface area contributed by atoms with Crippen molar-refractivity contribution in [3.05, 3.63) is 43.8 Å². The summed E-state index contributed by atoms with van der Waals surface area (Å²) in [6.07, 6.45) is 1.52. The van der Waals surface area contributed by atoms with Crippen LogP contribution in [0.4, 0.5) is 5.69 Å². The molecule has 6 nitrogen and oxygen atoms in total. The number of hydrogen-bond donors (Lipinski definition) is 0. The van der Waals surface area contributed by atoms with Crippen LogP contribution >= 0.6 is 15.9 Å². The molecule has 0 atom stereocenters. The molecule has 2 heterocycles. The van der Waals surface area contributed by atoms with Crippen molar-refractivity contribution in [2.24, 2.45) is 0 Å². The topological polar surface area (TPSA) is 73.8 Å². The Balaban J connectivity index is 2.71.